The third kappa shape index (κ3) is 4.45. The van der Waals surface area contributed by atoms with E-state index >= 15 is 0 Å². The Morgan fingerprint density at radius 3 is 2.60 bits per heavy atom. The summed E-state index contributed by atoms with van der Waals surface area (Å²) >= 11 is 9.19. The van der Waals surface area contributed by atoms with Crippen LogP contribution in [0.2, 0.25) is 5.02 Å². The summed E-state index contributed by atoms with van der Waals surface area (Å²) in [6, 6.07) is 10.7. The van der Waals surface area contributed by atoms with Gasteiger partial charge in [0.05, 0.1) is 16.3 Å². The van der Waals surface area contributed by atoms with E-state index in [1.54, 1.807) is 0 Å². The number of nitrogens with zero attached hydrogens (tertiary/aromatic N) is 2. The molecule has 1 aromatic heterocycles. The Morgan fingerprint density at radius 2 is 1.88 bits per heavy atom. The van der Waals surface area contributed by atoms with Crippen LogP contribution in [0.3, 0.4) is 0 Å². The van der Waals surface area contributed by atoms with Crippen LogP contribution in [-0.4, -0.2) is 18.6 Å². The molecule has 0 saturated heterocycles. The van der Waals surface area contributed by atoms with Gasteiger partial charge in [-0.25, -0.2) is 12.8 Å². The molecule has 3 aromatic rings. The molecule has 9 heteroatoms. The highest BCUT2D eigenvalue weighted by molar-refractivity contribution is 9.10. The van der Waals surface area contributed by atoms with Gasteiger partial charge in [0.2, 0.25) is 11.8 Å². The van der Waals surface area contributed by atoms with Crippen molar-refractivity contribution in [3.63, 3.8) is 0 Å². The molecule has 1 heterocycles. The molecule has 0 saturated carbocycles. The van der Waals surface area contributed by atoms with Crippen molar-refractivity contribution in [2.75, 3.05) is 0 Å². The molecular weight excluding hydrogens is 435 g/mol. The van der Waals surface area contributed by atoms with Gasteiger partial charge >= 0.3 is 0 Å². The fourth-order valence-electron chi connectivity index (χ4n) is 2.21. The van der Waals surface area contributed by atoms with E-state index in [0.717, 1.165) is 28.2 Å². The van der Waals surface area contributed by atoms with Crippen molar-refractivity contribution in [3.8, 4) is 0 Å². The molecule has 0 aliphatic rings. The minimum absolute atomic E-state index is 0.0506. The highest BCUT2D eigenvalue weighted by Crippen LogP contribution is 2.25. The van der Waals surface area contributed by atoms with Crippen molar-refractivity contribution in [2.45, 2.75) is 17.1 Å². The number of hydrogen-bond acceptors (Lipinski definition) is 5. The Balaban J connectivity index is 1.78. The monoisotopic (exact) mass is 444 g/mol. The molecule has 5 nitrogen and oxygen atoms in total. The molecule has 0 spiro atoms. The number of rotatable bonds is 5. The molecule has 0 unspecified atom stereocenters. The molecule has 0 fully saturated rings. The second kappa shape index (κ2) is 7.23. The zero-order valence-corrected chi connectivity index (χ0v) is 15.8. The second-order valence-corrected chi connectivity index (χ2v) is 8.51. The number of hydrogen-bond donors (Lipinski definition) is 0. The summed E-state index contributed by atoms with van der Waals surface area (Å²) in [5.41, 5.74) is 0.939. The van der Waals surface area contributed by atoms with Gasteiger partial charge in [0, 0.05) is 4.47 Å². The smallest absolute Gasteiger partial charge is 0.231 e. The first-order valence-electron chi connectivity index (χ1n) is 7.07. The largest absolute Gasteiger partial charge is 0.424 e. The molecule has 0 aliphatic heterocycles. The van der Waals surface area contributed by atoms with E-state index in [2.05, 4.69) is 26.1 Å². The van der Waals surface area contributed by atoms with Crippen LogP contribution in [0.4, 0.5) is 4.39 Å². The van der Waals surface area contributed by atoms with E-state index in [1.807, 2.05) is 24.3 Å². The zero-order valence-electron chi connectivity index (χ0n) is 12.6. The predicted octanol–water partition coefficient (Wildman–Crippen LogP) is 4.19. The third-order valence-corrected chi connectivity index (χ3v) is 5.87. The minimum atomic E-state index is -3.83. The Bertz CT molecular complexity index is 1020. The van der Waals surface area contributed by atoms with Crippen molar-refractivity contribution in [1.29, 1.82) is 0 Å². The average molecular weight is 446 g/mol. The molecule has 0 atom stereocenters. The Kier molecular flexibility index (Phi) is 5.21. The van der Waals surface area contributed by atoms with Crippen LogP contribution in [0.1, 0.15) is 17.3 Å². The lowest BCUT2D eigenvalue weighted by Gasteiger charge is -2.04. The topological polar surface area (TPSA) is 73.1 Å². The summed E-state index contributed by atoms with van der Waals surface area (Å²) in [6.45, 7) is 0. The van der Waals surface area contributed by atoms with Crippen LogP contribution in [0.15, 0.2) is 56.2 Å². The van der Waals surface area contributed by atoms with Crippen LogP contribution in [0, 0.1) is 5.82 Å². The lowest BCUT2D eigenvalue weighted by atomic mass is 10.1. The molecule has 130 valence electrons. The first-order valence-corrected chi connectivity index (χ1v) is 9.89. The highest BCUT2D eigenvalue weighted by atomic mass is 79.9. The molecule has 0 radical (unpaired) electrons. The van der Waals surface area contributed by atoms with Gasteiger partial charge in [0.1, 0.15) is 11.6 Å². The number of aromatic nitrogens is 2. The van der Waals surface area contributed by atoms with E-state index in [-0.39, 0.29) is 15.8 Å². The molecular formula is C16H11BrClFN2O3S. The Morgan fingerprint density at radius 1 is 1.12 bits per heavy atom. The normalized spacial score (nSPS) is 11.6. The van der Waals surface area contributed by atoms with Crippen LogP contribution in [-0.2, 0) is 22.0 Å². The van der Waals surface area contributed by atoms with Crippen LogP contribution >= 0.6 is 27.5 Å². The fourth-order valence-corrected chi connectivity index (χ4v) is 4.40. The molecule has 0 N–H and O–H groups in total. The van der Waals surface area contributed by atoms with Gasteiger partial charge in [-0.1, -0.05) is 39.7 Å². The number of benzene rings is 2. The van der Waals surface area contributed by atoms with Gasteiger partial charge in [0.25, 0.3) is 0 Å². The summed E-state index contributed by atoms with van der Waals surface area (Å²) in [5.74, 6) is -0.874. The van der Waals surface area contributed by atoms with Crippen molar-refractivity contribution >= 4 is 37.4 Å². The highest BCUT2D eigenvalue weighted by Gasteiger charge is 2.22. The molecule has 3 rings (SSSR count). The molecule has 2 aromatic carbocycles. The van der Waals surface area contributed by atoms with Crippen molar-refractivity contribution < 1.29 is 17.2 Å². The van der Waals surface area contributed by atoms with E-state index in [4.69, 9.17) is 16.0 Å². The molecule has 25 heavy (non-hydrogen) atoms. The Hall–Kier alpha value is -1.77. The van der Waals surface area contributed by atoms with Crippen molar-refractivity contribution in [2.24, 2.45) is 0 Å². The standard InChI is InChI=1S/C16H11BrClFN2O3S/c17-11-3-1-2-10(6-11)7-15-20-21-16(24-15)9-25(22,23)14-5-4-12(19)8-13(14)18/h1-6,8H,7,9H2. The first kappa shape index (κ1) is 18.0. The third-order valence-electron chi connectivity index (χ3n) is 3.30. The van der Waals surface area contributed by atoms with E-state index in [0.29, 0.717) is 12.3 Å². The van der Waals surface area contributed by atoms with Gasteiger partial charge in [-0.15, -0.1) is 10.2 Å². The second-order valence-electron chi connectivity index (χ2n) is 5.23. The van der Waals surface area contributed by atoms with Crippen molar-refractivity contribution in [3.05, 3.63) is 75.1 Å². The summed E-state index contributed by atoms with van der Waals surface area (Å²) in [6.07, 6.45) is 0.379. The zero-order chi connectivity index (χ0) is 18.0. The quantitative estimate of drug-likeness (QED) is 0.551. The average Bonchev–Trinajstić information content (AvgIpc) is 2.93. The van der Waals surface area contributed by atoms with E-state index in [9.17, 15) is 12.8 Å². The van der Waals surface area contributed by atoms with Crippen LogP contribution in [0.25, 0.3) is 0 Å². The van der Waals surface area contributed by atoms with Gasteiger partial charge in [-0.2, -0.15) is 0 Å². The summed E-state index contributed by atoms with van der Waals surface area (Å²) in [7, 11) is -3.83. The van der Waals surface area contributed by atoms with Crippen LogP contribution < -0.4 is 0 Å². The van der Waals surface area contributed by atoms with Gasteiger partial charge in [0.15, 0.2) is 9.84 Å². The maximum atomic E-state index is 13.1. The van der Waals surface area contributed by atoms with Crippen molar-refractivity contribution in [1.82, 2.24) is 10.2 Å². The van der Waals surface area contributed by atoms with Crippen LogP contribution in [0.5, 0.6) is 0 Å². The SMILES string of the molecule is O=S(=O)(Cc1nnc(Cc2cccc(Br)c2)o1)c1ccc(F)cc1Cl. The predicted molar refractivity (Wildman–Crippen MR) is 93.5 cm³/mol. The number of halogens is 3. The maximum Gasteiger partial charge on any atom is 0.231 e. The lowest BCUT2D eigenvalue weighted by Crippen LogP contribution is -2.06. The van der Waals surface area contributed by atoms with Gasteiger partial charge < -0.3 is 4.42 Å². The summed E-state index contributed by atoms with van der Waals surface area (Å²) in [4.78, 5) is -0.178. The fraction of sp³-hybridized carbons (Fsp3) is 0.125. The van der Waals surface area contributed by atoms with Gasteiger partial charge in [-0.05, 0) is 35.9 Å². The molecule has 0 amide bonds. The van der Waals surface area contributed by atoms with E-state index in [1.165, 1.54) is 0 Å². The molecule has 0 bridgehead atoms. The summed E-state index contributed by atoms with van der Waals surface area (Å²) < 4.78 is 44.2. The molecule has 0 aliphatic carbocycles. The first-order chi connectivity index (χ1) is 11.8. The Labute approximate surface area is 156 Å². The van der Waals surface area contributed by atoms with Gasteiger partial charge in [-0.3, -0.25) is 0 Å². The summed E-state index contributed by atoms with van der Waals surface area (Å²) in [5, 5.41) is 7.45. The minimum Gasteiger partial charge on any atom is -0.424 e. The number of sulfone groups is 1. The van der Waals surface area contributed by atoms with E-state index < -0.39 is 21.4 Å². The lowest BCUT2D eigenvalue weighted by molar-refractivity contribution is 0.469. The maximum absolute atomic E-state index is 13.1.